The van der Waals surface area contributed by atoms with Crippen LogP contribution in [0, 0.1) is 0 Å². The summed E-state index contributed by atoms with van der Waals surface area (Å²) in [6.45, 7) is 1.73. The second-order valence-corrected chi connectivity index (χ2v) is 3.83. The third-order valence-electron chi connectivity index (χ3n) is 2.85. The third-order valence-corrected chi connectivity index (χ3v) is 2.85. The standard InChI is InChI=1S/C9H17NO2/c11-9-4-3-8(9)10-7-2-1-5-12-6-7/h7-11H,1-6H2/t7?,8-,9-/m1/s1. The van der Waals surface area contributed by atoms with E-state index >= 15 is 0 Å². The van der Waals surface area contributed by atoms with Crippen LogP contribution in [0.1, 0.15) is 25.7 Å². The van der Waals surface area contributed by atoms with E-state index in [-0.39, 0.29) is 6.10 Å². The van der Waals surface area contributed by atoms with Gasteiger partial charge in [-0.05, 0) is 25.7 Å². The van der Waals surface area contributed by atoms with Crippen molar-refractivity contribution in [2.75, 3.05) is 13.2 Å². The highest BCUT2D eigenvalue weighted by Gasteiger charge is 2.30. The molecule has 1 saturated carbocycles. The van der Waals surface area contributed by atoms with E-state index in [4.69, 9.17) is 4.74 Å². The predicted octanol–water partition coefficient (Wildman–Crippen LogP) is 0.278. The molecule has 1 saturated heterocycles. The Bertz CT molecular complexity index is 145. The van der Waals surface area contributed by atoms with E-state index in [9.17, 15) is 5.11 Å². The number of ether oxygens (including phenoxy) is 1. The van der Waals surface area contributed by atoms with Crippen LogP contribution < -0.4 is 5.32 Å². The van der Waals surface area contributed by atoms with Gasteiger partial charge in [-0.3, -0.25) is 0 Å². The summed E-state index contributed by atoms with van der Waals surface area (Å²) in [6, 6.07) is 0.829. The quantitative estimate of drug-likeness (QED) is 0.627. The Balaban J connectivity index is 1.70. The number of hydrogen-bond acceptors (Lipinski definition) is 3. The van der Waals surface area contributed by atoms with Gasteiger partial charge in [0.25, 0.3) is 0 Å². The minimum Gasteiger partial charge on any atom is -0.392 e. The summed E-state index contributed by atoms with van der Waals surface area (Å²) in [7, 11) is 0. The lowest BCUT2D eigenvalue weighted by atomic mass is 9.88. The van der Waals surface area contributed by atoms with E-state index < -0.39 is 0 Å². The highest BCUT2D eigenvalue weighted by Crippen LogP contribution is 2.21. The molecular weight excluding hydrogens is 154 g/mol. The maximum absolute atomic E-state index is 9.34. The highest BCUT2D eigenvalue weighted by atomic mass is 16.5. The molecule has 1 aliphatic heterocycles. The minimum atomic E-state index is -0.105. The van der Waals surface area contributed by atoms with Gasteiger partial charge in [-0.15, -0.1) is 0 Å². The Hall–Kier alpha value is -0.120. The molecule has 0 bridgehead atoms. The fraction of sp³-hybridized carbons (Fsp3) is 1.00. The first-order chi connectivity index (χ1) is 5.86. The molecule has 2 rings (SSSR count). The van der Waals surface area contributed by atoms with Crippen molar-refractivity contribution < 1.29 is 9.84 Å². The fourth-order valence-electron chi connectivity index (χ4n) is 1.85. The molecule has 0 spiro atoms. The van der Waals surface area contributed by atoms with Gasteiger partial charge >= 0.3 is 0 Å². The van der Waals surface area contributed by atoms with E-state index in [0.29, 0.717) is 12.1 Å². The molecule has 2 fully saturated rings. The highest BCUT2D eigenvalue weighted by molar-refractivity contribution is 4.89. The maximum Gasteiger partial charge on any atom is 0.0693 e. The van der Waals surface area contributed by atoms with Gasteiger partial charge in [0.2, 0.25) is 0 Å². The van der Waals surface area contributed by atoms with E-state index in [1.54, 1.807) is 0 Å². The average Bonchev–Trinajstić information content (AvgIpc) is 2.14. The lowest BCUT2D eigenvalue weighted by Gasteiger charge is -2.37. The maximum atomic E-state index is 9.34. The summed E-state index contributed by atoms with van der Waals surface area (Å²) in [5, 5.41) is 12.8. The van der Waals surface area contributed by atoms with Crippen molar-refractivity contribution in [3.05, 3.63) is 0 Å². The first-order valence-electron chi connectivity index (χ1n) is 4.88. The van der Waals surface area contributed by atoms with Gasteiger partial charge in [0.15, 0.2) is 0 Å². The lowest BCUT2D eigenvalue weighted by Crippen LogP contribution is -2.53. The summed E-state index contributed by atoms with van der Waals surface area (Å²) in [5.41, 5.74) is 0. The monoisotopic (exact) mass is 171 g/mol. The smallest absolute Gasteiger partial charge is 0.0693 e. The molecule has 1 unspecified atom stereocenters. The largest absolute Gasteiger partial charge is 0.392 e. The summed E-state index contributed by atoms with van der Waals surface area (Å²) in [6.07, 6.45) is 4.33. The van der Waals surface area contributed by atoms with Crippen LogP contribution in [0.4, 0.5) is 0 Å². The topological polar surface area (TPSA) is 41.5 Å². The number of aliphatic hydroxyl groups excluding tert-OH is 1. The zero-order valence-electron chi connectivity index (χ0n) is 7.33. The van der Waals surface area contributed by atoms with Gasteiger partial charge in [0, 0.05) is 18.7 Å². The van der Waals surface area contributed by atoms with Crippen LogP contribution in [0.25, 0.3) is 0 Å². The van der Waals surface area contributed by atoms with Gasteiger partial charge in [0.05, 0.1) is 12.7 Å². The Labute approximate surface area is 73.1 Å². The second kappa shape index (κ2) is 3.73. The number of nitrogens with one attached hydrogen (secondary N) is 1. The SMILES string of the molecule is O[C@@H]1CC[C@H]1NC1CCCOC1. The van der Waals surface area contributed by atoms with Crippen molar-refractivity contribution in [2.24, 2.45) is 0 Å². The third kappa shape index (κ3) is 1.79. The van der Waals surface area contributed by atoms with Crippen molar-refractivity contribution in [3.63, 3.8) is 0 Å². The van der Waals surface area contributed by atoms with Crippen molar-refractivity contribution >= 4 is 0 Å². The minimum absolute atomic E-state index is 0.105. The number of rotatable bonds is 2. The van der Waals surface area contributed by atoms with Crippen LogP contribution in [0.2, 0.25) is 0 Å². The molecule has 1 heterocycles. The molecule has 3 heteroatoms. The summed E-state index contributed by atoms with van der Waals surface area (Å²) in [4.78, 5) is 0. The molecule has 0 radical (unpaired) electrons. The second-order valence-electron chi connectivity index (χ2n) is 3.83. The van der Waals surface area contributed by atoms with Crippen LogP contribution in [0.15, 0.2) is 0 Å². The van der Waals surface area contributed by atoms with Crippen molar-refractivity contribution in [2.45, 2.75) is 43.9 Å². The molecule has 1 aliphatic carbocycles. The number of hydrogen-bond donors (Lipinski definition) is 2. The Morgan fingerprint density at radius 1 is 1.25 bits per heavy atom. The molecule has 70 valence electrons. The molecule has 0 aromatic carbocycles. The summed E-state index contributed by atoms with van der Waals surface area (Å²) < 4.78 is 5.34. The van der Waals surface area contributed by atoms with Crippen LogP contribution in [0.5, 0.6) is 0 Å². The number of aliphatic hydroxyl groups is 1. The van der Waals surface area contributed by atoms with E-state index in [0.717, 1.165) is 32.5 Å². The molecule has 12 heavy (non-hydrogen) atoms. The first-order valence-corrected chi connectivity index (χ1v) is 4.88. The van der Waals surface area contributed by atoms with Gasteiger partial charge < -0.3 is 15.2 Å². The summed E-state index contributed by atoms with van der Waals surface area (Å²) in [5.74, 6) is 0. The van der Waals surface area contributed by atoms with Crippen LogP contribution in [-0.4, -0.2) is 36.5 Å². The Kier molecular flexibility index (Phi) is 2.63. The van der Waals surface area contributed by atoms with E-state index in [2.05, 4.69) is 5.32 Å². The molecule has 3 atom stereocenters. The molecule has 0 aromatic heterocycles. The molecule has 2 aliphatic rings. The normalized spacial score (nSPS) is 42.2. The molecule has 0 aromatic rings. The van der Waals surface area contributed by atoms with Gasteiger partial charge in [-0.2, -0.15) is 0 Å². The van der Waals surface area contributed by atoms with Crippen molar-refractivity contribution in [1.82, 2.24) is 5.32 Å². The lowest BCUT2D eigenvalue weighted by molar-refractivity contribution is 0.0164. The van der Waals surface area contributed by atoms with Crippen LogP contribution >= 0.6 is 0 Å². The zero-order chi connectivity index (χ0) is 8.39. The van der Waals surface area contributed by atoms with Gasteiger partial charge in [-0.25, -0.2) is 0 Å². The predicted molar refractivity (Wildman–Crippen MR) is 46.0 cm³/mol. The van der Waals surface area contributed by atoms with Crippen LogP contribution in [-0.2, 0) is 4.74 Å². The average molecular weight is 171 g/mol. The fourth-order valence-corrected chi connectivity index (χ4v) is 1.85. The van der Waals surface area contributed by atoms with Crippen molar-refractivity contribution in [3.8, 4) is 0 Å². The van der Waals surface area contributed by atoms with Gasteiger partial charge in [0.1, 0.15) is 0 Å². The van der Waals surface area contributed by atoms with Crippen molar-refractivity contribution in [1.29, 1.82) is 0 Å². The molecule has 0 amide bonds. The first kappa shape index (κ1) is 8.48. The Morgan fingerprint density at radius 2 is 2.17 bits per heavy atom. The zero-order valence-corrected chi connectivity index (χ0v) is 7.33. The molecule has 2 N–H and O–H groups in total. The Morgan fingerprint density at radius 3 is 2.67 bits per heavy atom. The van der Waals surface area contributed by atoms with E-state index in [1.807, 2.05) is 0 Å². The van der Waals surface area contributed by atoms with Gasteiger partial charge in [-0.1, -0.05) is 0 Å². The van der Waals surface area contributed by atoms with E-state index in [1.165, 1.54) is 6.42 Å². The summed E-state index contributed by atoms with van der Waals surface area (Å²) >= 11 is 0. The molecule has 3 nitrogen and oxygen atoms in total. The van der Waals surface area contributed by atoms with Crippen LogP contribution in [0.3, 0.4) is 0 Å². The molecular formula is C9H17NO2.